The van der Waals surface area contributed by atoms with Crippen molar-refractivity contribution in [2.75, 3.05) is 0 Å². The zero-order chi connectivity index (χ0) is 10.7. The van der Waals surface area contributed by atoms with Crippen molar-refractivity contribution in [3.05, 3.63) is 34.9 Å². The molecule has 0 N–H and O–H groups in total. The van der Waals surface area contributed by atoms with Gasteiger partial charge in [0.15, 0.2) is 0 Å². The Morgan fingerprint density at radius 1 is 1.14 bits per heavy atom. The summed E-state index contributed by atoms with van der Waals surface area (Å²) in [6.45, 7) is 5.99. The first-order valence-electron chi connectivity index (χ1n) is 4.97. The summed E-state index contributed by atoms with van der Waals surface area (Å²) >= 11 is 0. The van der Waals surface area contributed by atoms with Gasteiger partial charge in [-0.25, -0.2) is 8.78 Å². The normalized spacial score (nSPS) is 11.4. The summed E-state index contributed by atoms with van der Waals surface area (Å²) in [5.74, 6) is 0.309. The van der Waals surface area contributed by atoms with E-state index in [1.165, 1.54) is 6.07 Å². The Morgan fingerprint density at radius 2 is 1.71 bits per heavy atom. The molecule has 0 aliphatic rings. The fourth-order valence-electron chi connectivity index (χ4n) is 1.78. The third-order valence-corrected chi connectivity index (χ3v) is 2.46. The number of halogens is 2. The van der Waals surface area contributed by atoms with Gasteiger partial charge < -0.3 is 0 Å². The molecule has 1 aromatic rings. The van der Waals surface area contributed by atoms with Crippen molar-refractivity contribution >= 4 is 0 Å². The lowest BCUT2D eigenvalue weighted by atomic mass is 9.92. The molecule has 0 bridgehead atoms. The van der Waals surface area contributed by atoms with E-state index in [0.717, 1.165) is 11.1 Å². The van der Waals surface area contributed by atoms with Crippen LogP contribution in [0.4, 0.5) is 8.78 Å². The van der Waals surface area contributed by atoms with Crippen LogP contribution in [0, 0.1) is 0 Å². The van der Waals surface area contributed by atoms with E-state index in [4.69, 9.17) is 0 Å². The lowest BCUT2D eigenvalue weighted by molar-refractivity contribution is 0.150. The first-order valence-corrected chi connectivity index (χ1v) is 4.97. The van der Waals surface area contributed by atoms with Crippen LogP contribution in [0.1, 0.15) is 49.8 Å². The summed E-state index contributed by atoms with van der Waals surface area (Å²) in [6, 6.07) is 5.18. The maximum Gasteiger partial charge on any atom is 0.264 e. The van der Waals surface area contributed by atoms with Gasteiger partial charge in [-0.3, -0.25) is 0 Å². The van der Waals surface area contributed by atoms with E-state index < -0.39 is 6.43 Å². The molecular formula is C12H16F2. The zero-order valence-electron chi connectivity index (χ0n) is 8.85. The summed E-state index contributed by atoms with van der Waals surface area (Å²) in [5.41, 5.74) is 2.06. The standard InChI is InChI=1S/C12H16F2/c1-4-9-10(8(2)3)6-5-7-11(9)12(13)14/h5-8,12H,4H2,1-3H3. The molecule has 0 unspecified atom stereocenters. The van der Waals surface area contributed by atoms with Crippen molar-refractivity contribution in [1.29, 1.82) is 0 Å². The summed E-state index contributed by atoms with van der Waals surface area (Å²) in [6.07, 6.45) is -1.68. The predicted molar refractivity (Wildman–Crippen MR) is 54.9 cm³/mol. The average Bonchev–Trinajstić information content (AvgIpc) is 2.16. The third-order valence-electron chi connectivity index (χ3n) is 2.46. The molecule has 0 heterocycles. The molecule has 0 fully saturated rings. The van der Waals surface area contributed by atoms with Gasteiger partial charge in [0.05, 0.1) is 0 Å². The summed E-state index contributed by atoms with van der Waals surface area (Å²) < 4.78 is 25.3. The number of alkyl halides is 2. The molecular weight excluding hydrogens is 182 g/mol. The Hall–Kier alpha value is -0.920. The van der Waals surface area contributed by atoms with Gasteiger partial charge in [0, 0.05) is 5.56 Å². The van der Waals surface area contributed by atoms with E-state index in [-0.39, 0.29) is 5.56 Å². The third kappa shape index (κ3) is 2.11. The molecule has 1 rings (SSSR count). The second-order valence-corrected chi connectivity index (χ2v) is 3.72. The molecule has 0 nitrogen and oxygen atoms in total. The smallest absolute Gasteiger partial charge is 0.205 e. The molecule has 0 aliphatic carbocycles. The molecule has 2 heteroatoms. The molecule has 0 amide bonds. The highest BCUT2D eigenvalue weighted by atomic mass is 19.3. The summed E-state index contributed by atoms with van der Waals surface area (Å²) in [4.78, 5) is 0. The number of rotatable bonds is 3. The second-order valence-electron chi connectivity index (χ2n) is 3.72. The minimum atomic E-state index is -2.36. The van der Waals surface area contributed by atoms with E-state index in [1.807, 2.05) is 26.8 Å². The van der Waals surface area contributed by atoms with Crippen LogP contribution in [0.2, 0.25) is 0 Å². The molecule has 0 radical (unpaired) electrons. The molecule has 0 saturated heterocycles. The molecule has 0 aromatic heterocycles. The highest BCUT2D eigenvalue weighted by Gasteiger charge is 2.15. The monoisotopic (exact) mass is 198 g/mol. The number of benzene rings is 1. The quantitative estimate of drug-likeness (QED) is 0.678. The van der Waals surface area contributed by atoms with Gasteiger partial charge in [-0.2, -0.15) is 0 Å². The summed E-state index contributed by atoms with van der Waals surface area (Å²) in [7, 11) is 0. The van der Waals surface area contributed by atoms with E-state index in [2.05, 4.69) is 0 Å². The van der Waals surface area contributed by atoms with E-state index in [1.54, 1.807) is 6.07 Å². The van der Waals surface area contributed by atoms with E-state index >= 15 is 0 Å². The Morgan fingerprint density at radius 3 is 2.14 bits per heavy atom. The topological polar surface area (TPSA) is 0 Å². The van der Waals surface area contributed by atoms with Crippen molar-refractivity contribution in [3.8, 4) is 0 Å². The van der Waals surface area contributed by atoms with Crippen LogP contribution < -0.4 is 0 Å². The first-order chi connectivity index (χ1) is 6.57. The van der Waals surface area contributed by atoms with Crippen LogP contribution in [-0.4, -0.2) is 0 Å². The Balaban J connectivity index is 3.25. The van der Waals surface area contributed by atoms with Gasteiger partial charge in [-0.15, -0.1) is 0 Å². The van der Waals surface area contributed by atoms with Crippen LogP contribution in [0.3, 0.4) is 0 Å². The Bertz CT molecular complexity index is 277. The number of hydrogen-bond acceptors (Lipinski definition) is 0. The zero-order valence-corrected chi connectivity index (χ0v) is 8.85. The van der Waals surface area contributed by atoms with E-state index in [0.29, 0.717) is 12.3 Å². The van der Waals surface area contributed by atoms with Crippen molar-refractivity contribution < 1.29 is 8.78 Å². The molecule has 0 saturated carbocycles. The molecule has 0 aliphatic heterocycles. The van der Waals surface area contributed by atoms with Crippen molar-refractivity contribution in [2.45, 2.75) is 39.5 Å². The van der Waals surface area contributed by atoms with Crippen LogP contribution in [0.15, 0.2) is 18.2 Å². The minimum Gasteiger partial charge on any atom is -0.205 e. The first kappa shape index (κ1) is 11.2. The highest BCUT2D eigenvalue weighted by Crippen LogP contribution is 2.29. The Labute approximate surface area is 84.0 Å². The molecule has 1 aromatic carbocycles. The predicted octanol–water partition coefficient (Wildman–Crippen LogP) is 4.31. The van der Waals surface area contributed by atoms with Gasteiger partial charge in [0.2, 0.25) is 0 Å². The summed E-state index contributed by atoms with van der Waals surface area (Å²) in [5, 5.41) is 0. The fraction of sp³-hybridized carbons (Fsp3) is 0.500. The average molecular weight is 198 g/mol. The molecule has 14 heavy (non-hydrogen) atoms. The van der Waals surface area contributed by atoms with Crippen LogP contribution in [0.25, 0.3) is 0 Å². The van der Waals surface area contributed by atoms with Crippen molar-refractivity contribution in [2.24, 2.45) is 0 Å². The van der Waals surface area contributed by atoms with Gasteiger partial charge in [0.25, 0.3) is 6.43 Å². The van der Waals surface area contributed by atoms with Crippen molar-refractivity contribution in [3.63, 3.8) is 0 Å². The molecule has 0 spiro atoms. The minimum absolute atomic E-state index is 0.193. The molecule has 0 atom stereocenters. The maximum absolute atomic E-state index is 12.7. The largest absolute Gasteiger partial charge is 0.264 e. The highest BCUT2D eigenvalue weighted by molar-refractivity contribution is 5.37. The SMILES string of the molecule is CCc1c(C(C)C)cccc1C(F)F. The van der Waals surface area contributed by atoms with Gasteiger partial charge >= 0.3 is 0 Å². The lowest BCUT2D eigenvalue weighted by Crippen LogP contribution is -2.00. The van der Waals surface area contributed by atoms with Gasteiger partial charge in [0.1, 0.15) is 0 Å². The fourth-order valence-corrected chi connectivity index (χ4v) is 1.78. The van der Waals surface area contributed by atoms with Crippen LogP contribution >= 0.6 is 0 Å². The van der Waals surface area contributed by atoms with Crippen LogP contribution in [-0.2, 0) is 6.42 Å². The van der Waals surface area contributed by atoms with Gasteiger partial charge in [-0.1, -0.05) is 39.0 Å². The van der Waals surface area contributed by atoms with Crippen LogP contribution in [0.5, 0.6) is 0 Å². The molecule has 78 valence electrons. The lowest BCUT2D eigenvalue weighted by Gasteiger charge is -2.15. The second kappa shape index (κ2) is 4.54. The van der Waals surface area contributed by atoms with E-state index in [9.17, 15) is 8.78 Å². The number of hydrogen-bond donors (Lipinski definition) is 0. The Kier molecular flexibility index (Phi) is 3.62. The van der Waals surface area contributed by atoms with Crippen molar-refractivity contribution in [1.82, 2.24) is 0 Å². The maximum atomic E-state index is 12.7. The van der Waals surface area contributed by atoms with Gasteiger partial charge in [-0.05, 0) is 23.5 Å².